The van der Waals surface area contributed by atoms with Crippen molar-refractivity contribution in [2.75, 3.05) is 39.4 Å². The fraction of sp³-hybridized carbons (Fsp3) is 1.00. The number of nitrogens with zero attached hydrogens (tertiary/aromatic N) is 2. The average molecular weight is 401 g/mol. The Morgan fingerprint density at radius 2 is 0.857 bits per heavy atom. The smallest absolute Gasteiger partial charge is 0.0463 e. The molecule has 0 aromatic heterocycles. The monoisotopic (exact) mass is 400 g/mol. The van der Waals surface area contributed by atoms with Gasteiger partial charge in [-0.05, 0) is 98.3 Å². The van der Waals surface area contributed by atoms with Crippen LogP contribution in [0.2, 0.25) is 0 Å². The predicted molar refractivity (Wildman–Crippen MR) is 128 cm³/mol. The highest BCUT2D eigenvalue weighted by molar-refractivity contribution is 4.69. The van der Waals surface area contributed by atoms with Gasteiger partial charge in [0.05, 0.1) is 0 Å². The molecule has 2 aliphatic rings. The second-order valence-corrected chi connectivity index (χ2v) is 9.37. The summed E-state index contributed by atoms with van der Waals surface area (Å²) >= 11 is 0. The second kappa shape index (κ2) is 21.6. The van der Waals surface area contributed by atoms with Crippen LogP contribution in [0.4, 0.5) is 0 Å². The largest absolute Gasteiger partial charge is 0.381 e. The van der Waals surface area contributed by atoms with Gasteiger partial charge in [-0.15, -0.1) is 0 Å². The van der Waals surface area contributed by atoms with Crippen molar-refractivity contribution in [2.45, 2.75) is 119 Å². The molecule has 0 N–H and O–H groups in total. The molecule has 172 valence electrons. The zero-order chi connectivity index (χ0) is 21.8. The molecule has 2 saturated heterocycles. The Morgan fingerprint density at radius 1 is 0.571 bits per heavy atom. The Morgan fingerprint density at radius 3 is 1.07 bits per heavy atom. The molecule has 0 atom stereocenters. The fourth-order valence-corrected chi connectivity index (χ4v) is 3.08. The first-order chi connectivity index (χ1) is 13.3. The van der Waals surface area contributed by atoms with E-state index in [0.717, 1.165) is 44.1 Å². The van der Waals surface area contributed by atoms with E-state index in [1.165, 1.54) is 58.3 Å². The number of rotatable bonds is 6. The molecule has 0 bridgehead atoms. The van der Waals surface area contributed by atoms with Crippen molar-refractivity contribution in [2.24, 2.45) is 5.92 Å². The van der Waals surface area contributed by atoms with Crippen LogP contribution in [-0.2, 0) is 4.74 Å². The van der Waals surface area contributed by atoms with Gasteiger partial charge in [-0.25, -0.2) is 0 Å². The van der Waals surface area contributed by atoms with E-state index in [1.807, 2.05) is 0 Å². The van der Waals surface area contributed by atoms with Crippen LogP contribution in [0.3, 0.4) is 0 Å². The number of hydrogen-bond acceptors (Lipinski definition) is 3. The molecule has 3 heteroatoms. The molecule has 2 fully saturated rings. The third-order valence-electron chi connectivity index (χ3n) is 4.69. The summed E-state index contributed by atoms with van der Waals surface area (Å²) in [5.74, 6) is 0.833. The van der Waals surface area contributed by atoms with Gasteiger partial charge in [0, 0.05) is 25.3 Å². The molecule has 0 aromatic rings. The maximum atomic E-state index is 5.13. The van der Waals surface area contributed by atoms with Crippen LogP contribution in [0.15, 0.2) is 0 Å². The summed E-state index contributed by atoms with van der Waals surface area (Å²) in [6, 6.07) is 1.54. The van der Waals surface area contributed by atoms with Gasteiger partial charge in [0.25, 0.3) is 0 Å². The van der Waals surface area contributed by atoms with E-state index < -0.39 is 0 Å². The second-order valence-electron chi connectivity index (χ2n) is 9.37. The fourth-order valence-electron chi connectivity index (χ4n) is 3.08. The highest BCUT2D eigenvalue weighted by Gasteiger charge is 2.13. The Bertz CT molecular complexity index is 274. The van der Waals surface area contributed by atoms with Crippen molar-refractivity contribution < 1.29 is 4.74 Å². The van der Waals surface area contributed by atoms with Gasteiger partial charge in [-0.2, -0.15) is 0 Å². The Kier molecular flexibility index (Phi) is 23.2. The number of piperidine rings is 1. The normalized spacial score (nSPS) is 17.6. The maximum absolute atomic E-state index is 5.13. The molecule has 0 unspecified atom stereocenters. The minimum Gasteiger partial charge on any atom is -0.381 e. The SMILES string of the molecule is CC(C)C.CC(C)N1CCCC1.CC(C)N1CCCCC1.CCCOCCC. The molecular weight excluding hydrogens is 344 g/mol. The molecule has 0 aromatic carbocycles. The van der Waals surface area contributed by atoms with E-state index in [9.17, 15) is 0 Å². The highest BCUT2D eigenvalue weighted by Crippen LogP contribution is 2.11. The van der Waals surface area contributed by atoms with Crippen LogP contribution in [0.1, 0.15) is 107 Å². The molecule has 0 radical (unpaired) electrons. The van der Waals surface area contributed by atoms with E-state index in [4.69, 9.17) is 4.74 Å². The number of likely N-dealkylation sites (tertiary alicyclic amines) is 2. The van der Waals surface area contributed by atoms with Crippen LogP contribution in [0, 0.1) is 5.92 Å². The van der Waals surface area contributed by atoms with E-state index in [1.54, 1.807) is 0 Å². The van der Waals surface area contributed by atoms with Gasteiger partial charge in [0.15, 0.2) is 0 Å². The lowest BCUT2D eigenvalue weighted by Crippen LogP contribution is -2.35. The van der Waals surface area contributed by atoms with Gasteiger partial charge >= 0.3 is 0 Å². The quantitative estimate of drug-likeness (QED) is 0.453. The molecule has 2 rings (SSSR count). The number of hydrogen-bond donors (Lipinski definition) is 0. The third-order valence-corrected chi connectivity index (χ3v) is 4.69. The third kappa shape index (κ3) is 22.2. The Hall–Kier alpha value is -0.120. The van der Waals surface area contributed by atoms with Crippen LogP contribution >= 0.6 is 0 Å². The van der Waals surface area contributed by atoms with Gasteiger partial charge in [-0.3, -0.25) is 0 Å². The Labute approximate surface area is 179 Å². The summed E-state index contributed by atoms with van der Waals surface area (Å²) in [5.41, 5.74) is 0. The van der Waals surface area contributed by atoms with Crippen LogP contribution in [0.25, 0.3) is 0 Å². The van der Waals surface area contributed by atoms with Crippen molar-refractivity contribution in [3.05, 3.63) is 0 Å². The van der Waals surface area contributed by atoms with Gasteiger partial charge < -0.3 is 14.5 Å². The minimum atomic E-state index is 0.769. The first-order valence-corrected chi connectivity index (χ1v) is 12.3. The Balaban J connectivity index is 0. The van der Waals surface area contributed by atoms with Gasteiger partial charge in [-0.1, -0.05) is 41.0 Å². The molecule has 0 aliphatic carbocycles. The van der Waals surface area contributed by atoms with Gasteiger partial charge in [0.2, 0.25) is 0 Å². The first-order valence-electron chi connectivity index (χ1n) is 12.3. The number of ether oxygens (including phenoxy) is 1. The van der Waals surface area contributed by atoms with Crippen molar-refractivity contribution in [1.82, 2.24) is 9.80 Å². The molecular formula is C25H56N2O. The summed E-state index contributed by atoms with van der Waals surface area (Å²) in [4.78, 5) is 5.09. The van der Waals surface area contributed by atoms with Crippen molar-refractivity contribution in [3.8, 4) is 0 Å². The maximum Gasteiger partial charge on any atom is 0.0463 e. The van der Waals surface area contributed by atoms with Crippen molar-refractivity contribution >= 4 is 0 Å². The summed E-state index contributed by atoms with van der Waals surface area (Å²) in [6.45, 7) is 27.0. The highest BCUT2D eigenvalue weighted by atomic mass is 16.5. The summed E-state index contributed by atoms with van der Waals surface area (Å²) in [6.07, 6.45) is 9.38. The van der Waals surface area contributed by atoms with E-state index in [2.05, 4.69) is 72.1 Å². The molecule has 0 spiro atoms. The van der Waals surface area contributed by atoms with E-state index >= 15 is 0 Å². The lowest BCUT2D eigenvalue weighted by molar-refractivity contribution is 0.135. The zero-order valence-corrected chi connectivity index (χ0v) is 21.2. The summed E-state index contributed by atoms with van der Waals surface area (Å²) in [5, 5.41) is 0. The minimum absolute atomic E-state index is 0.769. The van der Waals surface area contributed by atoms with Crippen molar-refractivity contribution in [1.29, 1.82) is 0 Å². The molecule has 0 saturated carbocycles. The molecule has 0 amide bonds. The predicted octanol–water partition coefficient (Wildman–Crippen LogP) is 6.86. The van der Waals surface area contributed by atoms with E-state index in [0.29, 0.717) is 0 Å². The molecule has 2 heterocycles. The molecule has 28 heavy (non-hydrogen) atoms. The van der Waals surface area contributed by atoms with Crippen LogP contribution < -0.4 is 0 Å². The van der Waals surface area contributed by atoms with Gasteiger partial charge in [0.1, 0.15) is 0 Å². The molecule has 3 nitrogen and oxygen atoms in total. The van der Waals surface area contributed by atoms with E-state index in [-0.39, 0.29) is 0 Å². The van der Waals surface area contributed by atoms with Crippen LogP contribution in [0.5, 0.6) is 0 Å². The summed E-state index contributed by atoms with van der Waals surface area (Å²) in [7, 11) is 0. The lowest BCUT2D eigenvalue weighted by Gasteiger charge is -2.29. The van der Waals surface area contributed by atoms with Crippen LogP contribution in [-0.4, -0.2) is 61.3 Å². The zero-order valence-electron chi connectivity index (χ0n) is 21.2. The van der Waals surface area contributed by atoms with Crippen molar-refractivity contribution in [3.63, 3.8) is 0 Å². The molecule has 2 aliphatic heterocycles. The average Bonchev–Trinajstić information content (AvgIpc) is 3.19. The topological polar surface area (TPSA) is 15.7 Å². The summed E-state index contributed by atoms with van der Waals surface area (Å²) < 4.78 is 5.13. The standard InChI is InChI=1S/C8H17N.C7H15N.C6H14O.C4H10/c1-8(2)9-6-4-3-5-7-9;1-7(2)8-5-3-4-6-8;1-3-5-7-6-4-2;1-4(2)3/h8H,3-7H2,1-2H3;7H,3-6H2,1-2H3;3-6H2,1-2H3;4H,1-3H3. The lowest BCUT2D eigenvalue weighted by atomic mass is 10.1. The first kappa shape index (κ1) is 30.1.